The van der Waals surface area contributed by atoms with Gasteiger partial charge >= 0.3 is 0 Å². The lowest BCUT2D eigenvalue weighted by atomic mass is 10.3. The van der Waals surface area contributed by atoms with Crippen LogP contribution in [-0.4, -0.2) is 29.0 Å². The highest BCUT2D eigenvalue weighted by molar-refractivity contribution is 6.28. The summed E-state index contributed by atoms with van der Waals surface area (Å²) in [5.74, 6) is 2.89. The zero-order valence-corrected chi connectivity index (χ0v) is 8.45. The minimum atomic E-state index is -0.135. The molecule has 0 bridgehead atoms. The van der Waals surface area contributed by atoms with Crippen molar-refractivity contribution in [1.82, 2.24) is 9.97 Å². The molecule has 0 saturated carbocycles. The normalized spacial score (nSPS) is 14.1. The van der Waals surface area contributed by atoms with Crippen LogP contribution in [-0.2, 0) is 4.79 Å². The van der Waals surface area contributed by atoms with Gasteiger partial charge in [0.2, 0.25) is 11.2 Å². The third-order valence-corrected chi connectivity index (χ3v) is 2.11. The molecule has 1 N–H and O–H groups in total. The van der Waals surface area contributed by atoms with Gasteiger partial charge < -0.3 is 10.2 Å². The largest absolute Gasteiger partial charge is 0.334 e. The predicted molar refractivity (Wildman–Crippen MR) is 56.7 cm³/mol. The topological polar surface area (TPSA) is 58.1 Å². The SMILES string of the molecule is C#CCN1CC(=O)Nc2cnc(Cl)nc21. The van der Waals surface area contributed by atoms with Gasteiger partial charge in [-0.3, -0.25) is 4.79 Å². The van der Waals surface area contributed by atoms with Crippen LogP contribution in [0.25, 0.3) is 0 Å². The Bertz CT molecular complexity index is 454. The van der Waals surface area contributed by atoms with Crippen LogP contribution in [0, 0.1) is 12.3 Å². The van der Waals surface area contributed by atoms with Crippen LogP contribution < -0.4 is 10.2 Å². The van der Waals surface area contributed by atoms with Crippen LogP contribution in [0.2, 0.25) is 5.28 Å². The van der Waals surface area contributed by atoms with E-state index in [4.69, 9.17) is 18.0 Å². The first-order valence-corrected chi connectivity index (χ1v) is 4.59. The molecule has 2 heterocycles. The predicted octanol–water partition coefficient (Wildman–Crippen LogP) is 0.522. The fraction of sp³-hybridized carbons (Fsp3) is 0.222. The number of carbonyl (C=O) groups is 1. The fourth-order valence-corrected chi connectivity index (χ4v) is 1.49. The van der Waals surface area contributed by atoms with Crippen molar-refractivity contribution in [2.24, 2.45) is 0 Å². The number of halogens is 1. The maximum Gasteiger partial charge on any atom is 0.244 e. The average Bonchev–Trinajstić information content (AvgIpc) is 2.19. The summed E-state index contributed by atoms with van der Waals surface area (Å²) in [7, 11) is 0. The van der Waals surface area contributed by atoms with E-state index in [1.807, 2.05) is 0 Å². The van der Waals surface area contributed by atoms with E-state index in [0.29, 0.717) is 18.1 Å². The molecule has 0 aliphatic carbocycles. The molecular formula is C9H7ClN4O. The van der Waals surface area contributed by atoms with Gasteiger partial charge in [0.15, 0.2) is 5.82 Å². The first-order chi connectivity index (χ1) is 7.20. The van der Waals surface area contributed by atoms with Gasteiger partial charge in [-0.05, 0) is 11.6 Å². The molecule has 1 aliphatic heterocycles. The molecule has 0 saturated heterocycles. The smallest absolute Gasteiger partial charge is 0.244 e. The molecule has 0 aromatic carbocycles. The van der Waals surface area contributed by atoms with Crippen molar-refractivity contribution >= 4 is 29.0 Å². The van der Waals surface area contributed by atoms with Gasteiger partial charge in [-0.25, -0.2) is 4.98 Å². The van der Waals surface area contributed by atoms with Crippen molar-refractivity contribution in [2.45, 2.75) is 0 Å². The number of rotatable bonds is 1. The van der Waals surface area contributed by atoms with E-state index in [-0.39, 0.29) is 17.7 Å². The summed E-state index contributed by atoms with van der Waals surface area (Å²) in [6.07, 6.45) is 6.66. The average molecular weight is 223 g/mol. The summed E-state index contributed by atoms with van der Waals surface area (Å²) in [4.78, 5) is 20.8. The zero-order chi connectivity index (χ0) is 10.8. The molecule has 1 aromatic heterocycles. The molecule has 76 valence electrons. The van der Waals surface area contributed by atoms with Crippen molar-refractivity contribution in [3.63, 3.8) is 0 Å². The fourth-order valence-electron chi connectivity index (χ4n) is 1.36. The van der Waals surface area contributed by atoms with Crippen molar-refractivity contribution < 1.29 is 4.79 Å². The molecule has 0 radical (unpaired) electrons. The number of fused-ring (bicyclic) bond motifs is 1. The molecule has 0 fully saturated rings. The summed E-state index contributed by atoms with van der Waals surface area (Å²) in [5.41, 5.74) is 0.533. The molecule has 1 amide bonds. The third-order valence-electron chi connectivity index (χ3n) is 1.93. The number of nitrogens with zero attached hydrogens (tertiary/aromatic N) is 3. The molecule has 1 aromatic rings. The highest BCUT2D eigenvalue weighted by atomic mass is 35.5. The summed E-state index contributed by atoms with van der Waals surface area (Å²) in [6.45, 7) is 0.498. The summed E-state index contributed by atoms with van der Waals surface area (Å²) < 4.78 is 0. The van der Waals surface area contributed by atoms with Crippen LogP contribution in [0.15, 0.2) is 6.20 Å². The van der Waals surface area contributed by atoms with Crippen molar-refractivity contribution in [3.05, 3.63) is 11.5 Å². The van der Waals surface area contributed by atoms with Gasteiger partial charge in [0.05, 0.1) is 19.3 Å². The Labute approximate surface area is 91.5 Å². The molecule has 6 heteroatoms. The zero-order valence-electron chi connectivity index (χ0n) is 7.70. The van der Waals surface area contributed by atoms with Crippen molar-refractivity contribution in [3.8, 4) is 12.3 Å². The van der Waals surface area contributed by atoms with Gasteiger partial charge in [-0.15, -0.1) is 6.42 Å². The van der Waals surface area contributed by atoms with Crippen LogP contribution >= 0.6 is 11.6 Å². The number of carbonyl (C=O) groups excluding carboxylic acids is 1. The van der Waals surface area contributed by atoms with Crippen molar-refractivity contribution in [2.75, 3.05) is 23.3 Å². The second-order valence-corrected chi connectivity index (χ2v) is 3.32. The molecule has 5 nitrogen and oxygen atoms in total. The molecule has 0 spiro atoms. The first kappa shape index (κ1) is 9.74. The number of hydrogen-bond acceptors (Lipinski definition) is 4. The van der Waals surface area contributed by atoms with E-state index in [9.17, 15) is 4.79 Å². The number of hydrogen-bond donors (Lipinski definition) is 1. The Morgan fingerprint density at radius 3 is 3.27 bits per heavy atom. The van der Waals surface area contributed by atoms with Crippen LogP contribution in [0.1, 0.15) is 0 Å². The number of terminal acetylenes is 1. The highest BCUT2D eigenvalue weighted by Gasteiger charge is 2.23. The van der Waals surface area contributed by atoms with E-state index < -0.39 is 0 Å². The molecule has 1 aliphatic rings. The lowest BCUT2D eigenvalue weighted by Gasteiger charge is -2.27. The third kappa shape index (κ3) is 1.85. The number of anilines is 2. The minimum absolute atomic E-state index is 0.131. The monoisotopic (exact) mass is 222 g/mol. The quantitative estimate of drug-likeness (QED) is 0.556. The van der Waals surface area contributed by atoms with Gasteiger partial charge in [-0.1, -0.05) is 5.92 Å². The molecule has 2 rings (SSSR count). The van der Waals surface area contributed by atoms with Crippen LogP contribution in [0.3, 0.4) is 0 Å². The lowest BCUT2D eigenvalue weighted by Crippen LogP contribution is -2.39. The Morgan fingerprint density at radius 1 is 1.73 bits per heavy atom. The van der Waals surface area contributed by atoms with Gasteiger partial charge in [-0.2, -0.15) is 4.98 Å². The first-order valence-electron chi connectivity index (χ1n) is 4.21. The van der Waals surface area contributed by atoms with Gasteiger partial charge in [0.25, 0.3) is 0 Å². The Balaban J connectivity index is 2.43. The Morgan fingerprint density at radius 2 is 2.53 bits per heavy atom. The molecule has 0 unspecified atom stereocenters. The van der Waals surface area contributed by atoms with E-state index in [1.165, 1.54) is 6.20 Å². The molecule has 0 atom stereocenters. The maximum absolute atomic E-state index is 11.3. The van der Waals surface area contributed by atoms with Crippen molar-refractivity contribution in [1.29, 1.82) is 0 Å². The molecular weight excluding hydrogens is 216 g/mol. The Kier molecular flexibility index (Phi) is 2.44. The summed E-state index contributed by atoms with van der Waals surface area (Å²) in [5, 5.41) is 2.77. The number of aromatic nitrogens is 2. The number of amides is 1. The van der Waals surface area contributed by atoms with E-state index >= 15 is 0 Å². The van der Waals surface area contributed by atoms with Gasteiger partial charge in [0.1, 0.15) is 5.69 Å². The lowest BCUT2D eigenvalue weighted by molar-refractivity contribution is -0.115. The van der Waals surface area contributed by atoms with E-state index in [1.54, 1.807) is 4.90 Å². The highest BCUT2D eigenvalue weighted by Crippen LogP contribution is 2.26. The second-order valence-electron chi connectivity index (χ2n) is 2.98. The minimum Gasteiger partial charge on any atom is -0.334 e. The van der Waals surface area contributed by atoms with Crippen LogP contribution in [0.5, 0.6) is 0 Å². The maximum atomic E-state index is 11.3. The van der Waals surface area contributed by atoms with E-state index in [0.717, 1.165) is 0 Å². The number of nitrogens with one attached hydrogen (secondary N) is 1. The van der Waals surface area contributed by atoms with E-state index in [2.05, 4.69) is 21.2 Å². The molecule has 15 heavy (non-hydrogen) atoms. The second kappa shape index (κ2) is 3.75. The standard InChI is InChI=1S/C9H7ClN4O/c1-2-3-14-5-7(15)12-6-4-11-9(10)13-8(6)14/h1,4H,3,5H2,(H,12,15). The van der Waals surface area contributed by atoms with Gasteiger partial charge in [0, 0.05) is 0 Å². The van der Waals surface area contributed by atoms with Crippen LogP contribution in [0.4, 0.5) is 11.5 Å². The Hall–Kier alpha value is -1.80. The summed E-state index contributed by atoms with van der Waals surface area (Å²) in [6, 6.07) is 0. The summed E-state index contributed by atoms with van der Waals surface area (Å²) >= 11 is 5.67.